The molecule has 0 aliphatic carbocycles. The van der Waals surface area contributed by atoms with Gasteiger partial charge in [-0.2, -0.15) is 5.26 Å². The lowest BCUT2D eigenvalue weighted by Crippen LogP contribution is -2.70. The number of nitrogens with zero attached hydrogens (tertiary/aromatic N) is 4. The summed E-state index contributed by atoms with van der Waals surface area (Å²) in [4.78, 5) is 60.2. The highest BCUT2D eigenvalue weighted by Gasteiger charge is 2.53. The molecule has 2 aliphatic heterocycles. The van der Waals surface area contributed by atoms with Crippen LogP contribution >= 0.6 is 23.1 Å². The number of β-lactam (4-membered cyclic amide) rings is 1. The molecule has 4 rings (SSSR count). The second-order valence-corrected chi connectivity index (χ2v) is 9.38. The third kappa shape index (κ3) is 5.39. The Hall–Kier alpha value is -4.42. The van der Waals surface area contributed by atoms with E-state index in [1.807, 2.05) is 6.07 Å². The largest absolute Gasteiger partial charge is 0.424 e. The van der Waals surface area contributed by atoms with E-state index in [4.69, 9.17) is 25.3 Å². The molecule has 0 bridgehead atoms. The van der Waals surface area contributed by atoms with Crippen LogP contribution in [0.15, 0.2) is 46.6 Å². The topological polar surface area (TPSA) is 186 Å². The van der Waals surface area contributed by atoms with Crippen LogP contribution in [0.25, 0.3) is 0 Å². The van der Waals surface area contributed by atoms with Crippen molar-refractivity contribution in [3.05, 3.63) is 58.2 Å². The van der Waals surface area contributed by atoms with Crippen LogP contribution in [0.2, 0.25) is 0 Å². The van der Waals surface area contributed by atoms with Gasteiger partial charge in [0.25, 0.3) is 11.8 Å². The zero-order valence-electron chi connectivity index (χ0n) is 19.1. The standard InChI is InChI=1S/C22H18N6O7S2/c1-33-27-15(13-9-37-22(24)25-13)17(29)26-16-18(30)28-14(6-7-36-19(16)28)21(32)35-10-34-20(31)12-4-2-11(8-23)3-5-12/h2-6,9,16,19H,7,10H2,1H3,(H2,24,25)(H,26,29)/b27-15-/t16-,19-/m1/s1. The molecule has 1 saturated heterocycles. The molecule has 2 aliphatic rings. The van der Waals surface area contributed by atoms with Crippen LogP contribution in [-0.4, -0.2) is 70.4 Å². The van der Waals surface area contributed by atoms with Gasteiger partial charge in [-0.15, -0.1) is 23.1 Å². The molecule has 2 atom stereocenters. The summed E-state index contributed by atoms with van der Waals surface area (Å²) < 4.78 is 9.96. The van der Waals surface area contributed by atoms with Gasteiger partial charge in [0.2, 0.25) is 6.79 Å². The van der Waals surface area contributed by atoms with Gasteiger partial charge in [-0.25, -0.2) is 14.6 Å². The Balaban J connectivity index is 1.33. The van der Waals surface area contributed by atoms with Crippen LogP contribution in [0.4, 0.5) is 5.13 Å². The van der Waals surface area contributed by atoms with Gasteiger partial charge in [0.05, 0.1) is 17.2 Å². The smallest absolute Gasteiger partial charge is 0.357 e. The van der Waals surface area contributed by atoms with Gasteiger partial charge < -0.3 is 25.4 Å². The number of anilines is 1. The second kappa shape index (κ2) is 11.1. The summed E-state index contributed by atoms with van der Waals surface area (Å²) in [7, 11) is 1.26. The monoisotopic (exact) mass is 542 g/mol. The van der Waals surface area contributed by atoms with E-state index >= 15 is 0 Å². The normalized spacial score (nSPS) is 18.5. The Kier molecular flexibility index (Phi) is 7.70. The molecule has 1 aromatic heterocycles. The molecule has 190 valence electrons. The quantitative estimate of drug-likeness (QED) is 0.156. The molecule has 0 spiro atoms. The van der Waals surface area contributed by atoms with Gasteiger partial charge in [0.15, 0.2) is 10.8 Å². The number of fused-ring (bicyclic) bond motifs is 1. The van der Waals surface area contributed by atoms with E-state index in [9.17, 15) is 19.2 Å². The Morgan fingerprint density at radius 3 is 2.65 bits per heavy atom. The van der Waals surface area contributed by atoms with Gasteiger partial charge in [-0.3, -0.25) is 14.5 Å². The van der Waals surface area contributed by atoms with Gasteiger partial charge in [-0.05, 0) is 30.3 Å². The molecule has 1 aromatic carbocycles. The molecule has 1 fully saturated rings. The summed E-state index contributed by atoms with van der Waals surface area (Å²) in [6, 6.07) is 6.73. The van der Waals surface area contributed by atoms with E-state index in [1.165, 1.54) is 59.5 Å². The fourth-order valence-electron chi connectivity index (χ4n) is 3.41. The highest BCUT2D eigenvalue weighted by atomic mass is 32.2. The maximum absolute atomic E-state index is 12.8. The molecule has 2 aromatic rings. The van der Waals surface area contributed by atoms with E-state index in [0.717, 1.165) is 11.3 Å². The number of rotatable bonds is 8. The van der Waals surface area contributed by atoms with Gasteiger partial charge in [-0.1, -0.05) is 5.16 Å². The average molecular weight is 543 g/mol. The Bertz CT molecular complexity index is 1350. The van der Waals surface area contributed by atoms with E-state index in [2.05, 4.69) is 15.5 Å². The number of hydrogen-bond donors (Lipinski definition) is 2. The predicted molar refractivity (Wildman–Crippen MR) is 131 cm³/mol. The molecule has 2 amide bonds. The van der Waals surface area contributed by atoms with Crippen molar-refractivity contribution in [2.24, 2.45) is 5.16 Å². The Morgan fingerprint density at radius 1 is 1.27 bits per heavy atom. The number of nitriles is 1. The van der Waals surface area contributed by atoms with Gasteiger partial charge >= 0.3 is 11.9 Å². The van der Waals surface area contributed by atoms with Crippen molar-refractivity contribution in [2.45, 2.75) is 11.4 Å². The molecule has 37 heavy (non-hydrogen) atoms. The van der Waals surface area contributed by atoms with E-state index < -0.39 is 42.0 Å². The predicted octanol–water partition coefficient (Wildman–Crippen LogP) is 0.589. The summed E-state index contributed by atoms with van der Waals surface area (Å²) in [6.07, 6.45) is 1.51. The number of aromatic nitrogens is 1. The highest BCUT2D eigenvalue weighted by molar-refractivity contribution is 8.00. The van der Waals surface area contributed by atoms with Crippen molar-refractivity contribution < 1.29 is 33.5 Å². The number of carbonyl (C=O) groups excluding carboxylic acids is 4. The van der Waals surface area contributed by atoms with Crippen LogP contribution in [0, 0.1) is 11.3 Å². The number of nitrogens with two attached hydrogens (primary N) is 1. The fourth-order valence-corrected chi connectivity index (χ4v) is 5.15. The first-order chi connectivity index (χ1) is 17.8. The lowest BCUT2D eigenvalue weighted by atomic mass is 10.0. The molecule has 3 N–H and O–H groups in total. The molecule has 0 saturated carbocycles. The Labute approximate surface area is 217 Å². The number of carbonyl (C=O) groups is 4. The molecule has 0 radical (unpaired) electrons. The third-order valence-electron chi connectivity index (χ3n) is 5.13. The number of amides is 2. The highest BCUT2D eigenvalue weighted by Crippen LogP contribution is 2.37. The van der Waals surface area contributed by atoms with Crippen molar-refractivity contribution in [3.63, 3.8) is 0 Å². The maximum Gasteiger partial charge on any atom is 0.357 e. The lowest BCUT2D eigenvalue weighted by molar-refractivity contribution is -0.156. The van der Waals surface area contributed by atoms with Crippen LogP contribution in [-0.2, 0) is 28.7 Å². The van der Waals surface area contributed by atoms with Crippen molar-refractivity contribution in [1.82, 2.24) is 15.2 Å². The minimum absolute atomic E-state index is 0.0215. The Morgan fingerprint density at radius 2 is 2.00 bits per heavy atom. The van der Waals surface area contributed by atoms with Crippen LogP contribution in [0.5, 0.6) is 0 Å². The van der Waals surface area contributed by atoms with E-state index in [-0.39, 0.29) is 27.8 Å². The molecule has 0 unspecified atom stereocenters. The molecule has 3 heterocycles. The summed E-state index contributed by atoms with van der Waals surface area (Å²) in [5.41, 5.74) is 6.20. The SMILES string of the molecule is CO/N=C(\C(=O)N[C@@H]1C(=O)N2C(C(=O)OCOC(=O)c3ccc(C#N)cc3)=CCS[C@H]12)c1csc(N)n1. The van der Waals surface area contributed by atoms with Crippen LogP contribution in [0.1, 0.15) is 21.6 Å². The van der Waals surface area contributed by atoms with E-state index in [1.54, 1.807) is 0 Å². The minimum atomic E-state index is -0.929. The lowest BCUT2D eigenvalue weighted by Gasteiger charge is -2.48. The number of thioether (sulfide) groups is 1. The summed E-state index contributed by atoms with van der Waals surface area (Å²) in [5, 5.41) is 16.3. The van der Waals surface area contributed by atoms with Gasteiger partial charge in [0, 0.05) is 11.1 Å². The number of benzene rings is 1. The number of thiazole rings is 1. The fraction of sp³-hybridized carbons (Fsp3) is 0.227. The summed E-state index contributed by atoms with van der Waals surface area (Å²) in [6.45, 7) is -0.678. The number of hydrogen-bond acceptors (Lipinski definition) is 13. The number of nitrogens with one attached hydrogen (secondary N) is 1. The van der Waals surface area contributed by atoms with Gasteiger partial charge in [0.1, 0.15) is 29.9 Å². The zero-order valence-corrected chi connectivity index (χ0v) is 20.7. The van der Waals surface area contributed by atoms with Crippen molar-refractivity contribution in [3.8, 4) is 6.07 Å². The first-order valence-electron chi connectivity index (χ1n) is 10.5. The number of ether oxygens (including phenoxy) is 2. The van der Waals surface area contributed by atoms with Crippen LogP contribution in [0.3, 0.4) is 0 Å². The van der Waals surface area contributed by atoms with Crippen molar-refractivity contribution in [2.75, 3.05) is 25.4 Å². The van der Waals surface area contributed by atoms with Crippen LogP contribution < -0.4 is 11.1 Å². The molecular formula is C22H18N6O7S2. The van der Waals surface area contributed by atoms with E-state index in [0.29, 0.717) is 11.3 Å². The minimum Gasteiger partial charge on any atom is -0.424 e. The molecule has 15 heteroatoms. The second-order valence-electron chi connectivity index (χ2n) is 7.34. The van der Waals surface area contributed by atoms with Crippen molar-refractivity contribution >= 4 is 57.7 Å². The molecule has 13 nitrogen and oxygen atoms in total. The van der Waals surface area contributed by atoms with Crippen molar-refractivity contribution in [1.29, 1.82) is 5.26 Å². The number of esters is 2. The maximum atomic E-state index is 12.8. The first kappa shape index (κ1) is 25.7. The molecular weight excluding hydrogens is 524 g/mol. The number of nitrogen functional groups attached to an aromatic ring is 1. The third-order valence-corrected chi connectivity index (χ3v) is 6.99. The average Bonchev–Trinajstić information content (AvgIpc) is 3.35. The zero-order chi connectivity index (χ0) is 26.5. The number of oxime groups is 1. The summed E-state index contributed by atoms with van der Waals surface area (Å²) in [5.74, 6) is -2.47. The summed E-state index contributed by atoms with van der Waals surface area (Å²) >= 11 is 2.45. The first-order valence-corrected chi connectivity index (χ1v) is 12.4.